The fourth-order valence-electron chi connectivity index (χ4n) is 6.83. The zero-order valence-corrected chi connectivity index (χ0v) is 19.8. The van der Waals surface area contributed by atoms with Crippen LogP contribution in [0.2, 0.25) is 0 Å². The van der Waals surface area contributed by atoms with E-state index >= 15 is 0 Å². The molecule has 2 aromatic rings. The van der Waals surface area contributed by atoms with Crippen LogP contribution in [0.25, 0.3) is 11.1 Å². The molecule has 2 aromatic carbocycles. The molecule has 5 heteroatoms. The third kappa shape index (κ3) is 4.64. The van der Waals surface area contributed by atoms with E-state index in [0.29, 0.717) is 17.4 Å². The van der Waals surface area contributed by atoms with Gasteiger partial charge >= 0.3 is 6.09 Å². The summed E-state index contributed by atoms with van der Waals surface area (Å²) in [6.07, 6.45) is 5.58. The average Bonchev–Trinajstić information content (AvgIpc) is 2.71. The molecule has 4 fully saturated rings. The van der Waals surface area contributed by atoms with Crippen molar-refractivity contribution in [3.63, 3.8) is 0 Å². The molecule has 0 heterocycles. The summed E-state index contributed by atoms with van der Waals surface area (Å²) in [5.74, 6) is 1.04. The summed E-state index contributed by atoms with van der Waals surface area (Å²) >= 11 is 0. The van der Waals surface area contributed by atoms with E-state index in [1.807, 2.05) is 63.2 Å². The Labute approximate surface area is 196 Å². The molecule has 33 heavy (non-hydrogen) atoms. The second-order valence-corrected chi connectivity index (χ2v) is 11.5. The predicted octanol–water partition coefficient (Wildman–Crippen LogP) is 5.70. The van der Waals surface area contributed by atoms with Gasteiger partial charge in [-0.05, 0) is 94.4 Å². The number of hydrogen-bond donors (Lipinski definition) is 2. The molecule has 2 amide bonds. The van der Waals surface area contributed by atoms with E-state index in [-0.39, 0.29) is 23.1 Å². The second kappa shape index (κ2) is 7.89. The average molecular weight is 447 g/mol. The van der Waals surface area contributed by atoms with Crippen LogP contribution in [0.4, 0.5) is 4.79 Å². The minimum absolute atomic E-state index is 0.0241. The third-order valence-corrected chi connectivity index (χ3v) is 7.46. The van der Waals surface area contributed by atoms with Crippen LogP contribution in [0, 0.1) is 11.8 Å². The van der Waals surface area contributed by atoms with Crippen molar-refractivity contribution in [1.29, 1.82) is 0 Å². The van der Waals surface area contributed by atoms with Crippen LogP contribution in [0.5, 0.6) is 0 Å². The monoisotopic (exact) mass is 446 g/mol. The summed E-state index contributed by atoms with van der Waals surface area (Å²) in [4.78, 5) is 25.9. The number of ether oxygens (including phenoxy) is 1. The molecule has 5 nitrogen and oxygen atoms in total. The number of amides is 2. The fraction of sp³-hybridized carbons (Fsp3) is 0.500. The number of rotatable bonds is 4. The molecule has 0 spiro atoms. The Kier molecular flexibility index (Phi) is 5.26. The van der Waals surface area contributed by atoms with E-state index in [0.717, 1.165) is 43.2 Å². The molecule has 0 aliphatic heterocycles. The lowest BCUT2D eigenvalue weighted by atomic mass is 9.50. The molecule has 4 bridgehead atoms. The van der Waals surface area contributed by atoms with Crippen LogP contribution in [-0.2, 0) is 4.74 Å². The Morgan fingerprint density at radius 3 is 1.94 bits per heavy atom. The van der Waals surface area contributed by atoms with E-state index in [9.17, 15) is 9.59 Å². The first-order valence-electron chi connectivity index (χ1n) is 12.1. The molecule has 2 N–H and O–H groups in total. The topological polar surface area (TPSA) is 67.4 Å². The van der Waals surface area contributed by atoms with Gasteiger partial charge in [-0.1, -0.05) is 42.5 Å². The van der Waals surface area contributed by atoms with Gasteiger partial charge in [0.25, 0.3) is 5.91 Å². The highest BCUT2D eigenvalue weighted by Gasteiger charge is 2.59. The molecule has 6 rings (SSSR count). The number of benzene rings is 2. The van der Waals surface area contributed by atoms with Crippen LogP contribution in [0.3, 0.4) is 0 Å². The molecular formula is C28H34N2O3. The first-order valence-corrected chi connectivity index (χ1v) is 12.1. The quantitative estimate of drug-likeness (QED) is 0.633. The lowest BCUT2D eigenvalue weighted by Gasteiger charge is -2.62. The van der Waals surface area contributed by atoms with Crippen molar-refractivity contribution < 1.29 is 14.3 Å². The van der Waals surface area contributed by atoms with Gasteiger partial charge in [0.2, 0.25) is 0 Å². The maximum absolute atomic E-state index is 13.3. The number of alkyl carbamates (subject to hydrolysis) is 1. The van der Waals surface area contributed by atoms with Crippen LogP contribution < -0.4 is 10.6 Å². The molecule has 0 aromatic heterocycles. The van der Waals surface area contributed by atoms with Crippen molar-refractivity contribution in [3.8, 4) is 11.1 Å². The third-order valence-electron chi connectivity index (χ3n) is 7.46. The van der Waals surface area contributed by atoms with Gasteiger partial charge in [-0.25, -0.2) is 4.79 Å². The van der Waals surface area contributed by atoms with Gasteiger partial charge in [0.1, 0.15) is 5.60 Å². The summed E-state index contributed by atoms with van der Waals surface area (Å²) in [7, 11) is 0. The van der Waals surface area contributed by atoms with Crippen LogP contribution >= 0.6 is 0 Å². The Balaban J connectivity index is 1.31. The summed E-state index contributed by atoms with van der Waals surface area (Å²) in [5.41, 5.74) is 1.86. The molecule has 4 aliphatic carbocycles. The molecule has 2 atom stereocenters. The zero-order valence-electron chi connectivity index (χ0n) is 19.8. The largest absolute Gasteiger partial charge is 0.444 e. The molecule has 0 saturated heterocycles. The molecule has 0 radical (unpaired) electrons. The summed E-state index contributed by atoms with van der Waals surface area (Å²) in [5, 5.41) is 6.65. The molecule has 174 valence electrons. The van der Waals surface area contributed by atoms with E-state index in [2.05, 4.69) is 22.8 Å². The number of hydrogen-bond acceptors (Lipinski definition) is 3. The van der Waals surface area contributed by atoms with E-state index in [4.69, 9.17) is 4.74 Å². The van der Waals surface area contributed by atoms with Crippen molar-refractivity contribution in [2.45, 2.75) is 76.0 Å². The summed E-state index contributed by atoms with van der Waals surface area (Å²) < 4.78 is 5.57. The van der Waals surface area contributed by atoms with Crippen molar-refractivity contribution in [3.05, 3.63) is 60.2 Å². The van der Waals surface area contributed by atoms with E-state index in [1.165, 1.54) is 6.42 Å². The lowest BCUT2D eigenvalue weighted by molar-refractivity contribution is -0.0509. The molecule has 4 saturated carbocycles. The normalized spacial score (nSPS) is 30.0. The molecular weight excluding hydrogens is 412 g/mol. The van der Waals surface area contributed by atoms with Crippen molar-refractivity contribution in [2.75, 3.05) is 0 Å². The lowest BCUT2D eigenvalue weighted by Crippen LogP contribution is -2.70. The maximum Gasteiger partial charge on any atom is 0.408 e. The fourth-order valence-corrected chi connectivity index (χ4v) is 6.83. The van der Waals surface area contributed by atoms with Crippen molar-refractivity contribution in [1.82, 2.24) is 10.6 Å². The van der Waals surface area contributed by atoms with Gasteiger partial charge < -0.3 is 15.4 Å². The first kappa shape index (κ1) is 22.0. The number of carbonyl (C=O) groups is 2. The van der Waals surface area contributed by atoms with Crippen LogP contribution in [0.15, 0.2) is 54.6 Å². The van der Waals surface area contributed by atoms with Gasteiger partial charge in [0.05, 0.1) is 0 Å². The van der Waals surface area contributed by atoms with Gasteiger partial charge in [-0.15, -0.1) is 0 Å². The van der Waals surface area contributed by atoms with E-state index in [1.54, 1.807) is 0 Å². The number of carbonyl (C=O) groups excluding carboxylic acids is 2. The highest BCUT2D eigenvalue weighted by Crippen LogP contribution is 2.57. The Morgan fingerprint density at radius 1 is 0.818 bits per heavy atom. The summed E-state index contributed by atoms with van der Waals surface area (Å²) in [6.45, 7) is 5.66. The zero-order chi connectivity index (χ0) is 23.3. The predicted molar refractivity (Wildman–Crippen MR) is 129 cm³/mol. The van der Waals surface area contributed by atoms with Crippen molar-refractivity contribution in [2.24, 2.45) is 11.8 Å². The minimum atomic E-state index is -0.524. The van der Waals surface area contributed by atoms with Gasteiger partial charge in [0.15, 0.2) is 0 Å². The molecule has 2 unspecified atom stereocenters. The Hall–Kier alpha value is -2.82. The van der Waals surface area contributed by atoms with Gasteiger partial charge in [-0.3, -0.25) is 4.79 Å². The first-order chi connectivity index (χ1) is 15.6. The van der Waals surface area contributed by atoms with Gasteiger partial charge in [-0.2, -0.15) is 0 Å². The molecule has 4 aliphatic rings. The van der Waals surface area contributed by atoms with Crippen LogP contribution in [-0.4, -0.2) is 28.7 Å². The highest BCUT2D eigenvalue weighted by molar-refractivity contribution is 5.95. The highest BCUT2D eigenvalue weighted by atomic mass is 16.6. The smallest absolute Gasteiger partial charge is 0.408 e. The van der Waals surface area contributed by atoms with E-state index < -0.39 is 5.60 Å². The van der Waals surface area contributed by atoms with Crippen molar-refractivity contribution >= 4 is 12.0 Å². The van der Waals surface area contributed by atoms with Crippen LogP contribution in [0.1, 0.15) is 69.7 Å². The Morgan fingerprint density at radius 2 is 1.36 bits per heavy atom. The minimum Gasteiger partial charge on any atom is -0.444 e. The SMILES string of the molecule is CC(C)(C)OC(=O)NC12CC3CC(C1)CC(NC(=O)c1ccc(-c4ccccc4)cc1)(C3)C2. The number of nitrogens with one attached hydrogen (secondary N) is 2. The summed E-state index contributed by atoms with van der Waals surface area (Å²) in [6, 6.07) is 18.0. The second-order valence-electron chi connectivity index (χ2n) is 11.5. The standard InChI is InChI=1S/C28H34N2O3/c1-26(2,3)33-25(32)30-28-16-19-13-20(17-28)15-27(14-19,18-28)29-24(31)23-11-9-22(10-12-23)21-7-5-4-6-8-21/h4-12,19-20H,13-18H2,1-3H3,(H,29,31)(H,30,32). The van der Waals surface area contributed by atoms with Gasteiger partial charge in [0, 0.05) is 16.6 Å². The maximum atomic E-state index is 13.3. The Bertz CT molecular complexity index is 1030.